The maximum atomic E-state index is 12.4. The number of rotatable bonds is 10. The summed E-state index contributed by atoms with van der Waals surface area (Å²) in [7, 11) is 0. The standard InChI is InChI=1S/C16H29N3O5/c1-6-24-16(23)10(4)8-12(14(17)21)19-15(22)13(7-9(2)3)18-11(5)20/h9-10,12-13H,6-8H2,1-5H3,(H2,17,21)(H,18,20)(H,19,22)/t10-,12-,13-/m0/s1. The van der Waals surface area contributed by atoms with Gasteiger partial charge in [0.15, 0.2) is 0 Å². The van der Waals surface area contributed by atoms with Crippen LogP contribution in [0.2, 0.25) is 0 Å². The average Bonchev–Trinajstić information content (AvgIpc) is 2.44. The van der Waals surface area contributed by atoms with E-state index in [2.05, 4.69) is 10.6 Å². The highest BCUT2D eigenvalue weighted by atomic mass is 16.5. The molecule has 0 aliphatic carbocycles. The summed E-state index contributed by atoms with van der Waals surface area (Å²) in [5, 5.41) is 5.08. The zero-order valence-corrected chi connectivity index (χ0v) is 15.0. The van der Waals surface area contributed by atoms with E-state index < -0.39 is 35.8 Å². The molecule has 0 spiro atoms. The normalized spacial score (nSPS) is 14.4. The Kier molecular flexibility index (Phi) is 9.68. The molecule has 3 atom stereocenters. The Morgan fingerprint density at radius 2 is 1.58 bits per heavy atom. The minimum Gasteiger partial charge on any atom is -0.466 e. The lowest BCUT2D eigenvalue weighted by molar-refractivity contribution is -0.148. The second-order valence-corrected chi connectivity index (χ2v) is 6.24. The predicted molar refractivity (Wildman–Crippen MR) is 88.6 cm³/mol. The zero-order valence-electron chi connectivity index (χ0n) is 15.0. The second-order valence-electron chi connectivity index (χ2n) is 6.24. The van der Waals surface area contributed by atoms with Crippen molar-refractivity contribution in [1.29, 1.82) is 0 Å². The van der Waals surface area contributed by atoms with Crippen molar-refractivity contribution in [2.75, 3.05) is 6.61 Å². The fourth-order valence-electron chi connectivity index (χ4n) is 2.20. The van der Waals surface area contributed by atoms with Crippen LogP contribution in [0.1, 0.15) is 47.5 Å². The molecule has 8 heteroatoms. The number of esters is 1. The maximum Gasteiger partial charge on any atom is 0.308 e. The maximum absolute atomic E-state index is 12.4. The van der Waals surface area contributed by atoms with Crippen molar-refractivity contribution in [2.24, 2.45) is 17.6 Å². The van der Waals surface area contributed by atoms with Crippen LogP contribution < -0.4 is 16.4 Å². The summed E-state index contributed by atoms with van der Waals surface area (Å²) in [6.45, 7) is 8.65. The van der Waals surface area contributed by atoms with E-state index in [-0.39, 0.29) is 24.9 Å². The van der Waals surface area contributed by atoms with Crippen LogP contribution in [0.15, 0.2) is 0 Å². The molecule has 0 aliphatic rings. The van der Waals surface area contributed by atoms with Crippen LogP contribution in [0.25, 0.3) is 0 Å². The molecule has 24 heavy (non-hydrogen) atoms. The predicted octanol–water partition coefficient (Wildman–Crippen LogP) is 0.0966. The van der Waals surface area contributed by atoms with Gasteiger partial charge < -0.3 is 21.1 Å². The van der Waals surface area contributed by atoms with Crippen molar-refractivity contribution < 1.29 is 23.9 Å². The molecule has 0 saturated heterocycles. The lowest BCUT2D eigenvalue weighted by atomic mass is 9.99. The van der Waals surface area contributed by atoms with E-state index in [0.29, 0.717) is 6.42 Å². The largest absolute Gasteiger partial charge is 0.466 e. The number of hydrogen-bond donors (Lipinski definition) is 3. The Morgan fingerprint density at radius 3 is 2.00 bits per heavy atom. The number of ether oxygens (including phenoxy) is 1. The zero-order chi connectivity index (χ0) is 18.9. The fourth-order valence-corrected chi connectivity index (χ4v) is 2.20. The van der Waals surface area contributed by atoms with Gasteiger partial charge in [0.2, 0.25) is 17.7 Å². The van der Waals surface area contributed by atoms with Gasteiger partial charge >= 0.3 is 5.97 Å². The van der Waals surface area contributed by atoms with Crippen LogP contribution >= 0.6 is 0 Å². The highest BCUT2D eigenvalue weighted by Crippen LogP contribution is 2.10. The highest BCUT2D eigenvalue weighted by Gasteiger charge is 2.28. The molecule has 8 nitrogen and oxygen atoms in total. The van der Waals surface area contributed by atoms with E-state index in [1.54, 1.807) is 13.8 Å². The lowest BCUT2D eigenvalue weighted by Crippen LogP contribution is -2.53. The molecule has 138 valence electrons. The summed E-state index contributed by atoms with van der Waals surface area (Å²) in [4.78, 5) is 46.9. The van der Waals surface area contributed by atoms with Crippen LogP contribution in [0.5, 0.6) is 0 Å². The van der Waals surface area contributed by atoms with Gasteiger partial charge in [0.1, 0.15) is 12.1 Å². The summed E-state index contributed by atoms with van der Waals surface area (Å²) < 4.78 is 4.88. The fraction of sp³-hybridized carbons (Fsp3) is 0.750. The Hall–Kier alpha value is -2.12. The van der Waals surface area contributed by atoms with Crippen molar-refractivity contribution in [2.45, 2.75) is 59.5 Å². The first-order chi connectivity index (χ1) is 11.1. The summed E-state index contributed by atoms with van der Waals surface area (Å²) in [5.41, 5.74) is 5.32. The number of primary amides is 1. The van der Waals surface area contributed by atoms with Gasteiger partial charge in [0.25, 0.3) is 0 Å². The van der Waals surface area contributed by atoms with E-state index >= 15 is 0 Å². The van der Waals surface area contributed by atoms with Crippen molar-refractivity contribution in [1.82, 2.24) is 10.6 Å². The van der Waals surface area contributed by atoms with Gasteiger partial charge in [-0.15, -0.1) is 0 Å². The van der Waals surface area contributed by atoms with E-state index in [1.807, 2.05) is 13.8 Å². The van der Waals surface area contributed by atoms with E-state index in [1.165, 1.54) is 6.92 Å². The number of carbonyl (C=O) groups excluding carboxylic acids is 4. The SMILES string of the molecule is CCOC(=O)[C@@H](C)C[C@H](NC(=O)[C@H](CC(C)C)NC(C)=O)C(N)=O. The van der Waals surface area contributed by atoms with E-state index in [4.69, 9.17) is 10.5 Å². The summed E-state index contributed by atoms with van der Waals surface area (Å²) >= 11 is 0. The van der Waals surface area contributed by atoms with Gasteiger partial charge in [-0.25, -0.2) is 0 Å². The minimum atomic E-state index is -1.01. The topological polar surface area (TPSA) is 128 Å². The molecule has 0 aliphatic heterocycles. The number of nitrogens with one attached hydrogen (secondary N) is 2. The molecule has 0 aromatic carbocycles. The molecule has 0 bridgehead atoms. The third-order valence-electron chi connectivity index (χ3n) is 3.34. The summed E-state index contributed by atoms with van der Waals surface area (Å²) in [6, 6.07) is -1.78. The molecule has 0 fully saturated rings. The Balaban J connectivity index is 4.94. The first kappa shape index (κ1) is 21.9. The Morgan fingerprint density at radius 1 is 1.00 bits per heavy atom. The van der Waals surface area contributed by atoms with Crippen LogP contribution in [-0.4, -0.2) is 42.4 Å². The van der Waals surface area contributed by atoms with Gasteiger partial charge in [0, 0.05) is 6.92 Å². The number of nitrogens with two attached hydrogens (primary N) is 1. The molecule has 0 radical (unpaired) electrons. The van der Waals surface area contributed by atoms with E-state index in [9.17, 15) is 19.2 Å². The van der Waals surface area contributed by atoms with Crippen molar-refractivity contribution >= 4 is 23.7 Å². The highest BCUT2D eigenvalue weighted by molar-refractivity contribution is 5.91. The molecule has 0 heterocycles. The third kappa shape index (κ3) is 8.50. The summed E-state index contributed by atoms with van der Waals surface area (Å²) in [6.07, 6.45) is 0.457. The smallest absolute Gasteiger partial charge is 0.308 e. The van der Waals surface area contributed by atoms with Gasteiger partial charge in [-0.2, -0.15) is 0 Å². The Bertz CT molecular complexity index is 465. The molecule has 0 aromatic rings. The van der Waals surface area contributed by atoms with Crippen molar-refractivity contribution in [3.8, 4) is 0 Å². The molecular formula is C16H29N3O5. The number of carbonyl (C=O) groups is 4. The molecule has 4 N–H and O–H groups in total. The minimum absolute atomic E-state index is 0.0361. The van der Waals surface area contributed by atoms with Gasteiger partial charge in [-0.1, -0.05) is 20.8 Å². The first-order valence-corrected chi connectivity index (χ1v) is 8.11. The molecular weight excluding hydrogens is 314 g/mol. The Labute approximate surface area is 142 Å². The van der Waals surface area contributed by atoms with Crippen molar-refractivity contribution in [3.63, 3.8) is 0 Å². The molecule has 0 unspecified atom stereocenters. The van der Waals surface area contributed by atoms with Gasteiger partial charge in [-0.05, 0) is 25.7 Å². The number of hydrogen-bond acceptors (Lipinski definition) is 5. The molecule has 0 aromatic heterocycles. The van der Waals surface area contributed by atoms with Crippen LogP contribution in [0.4, 0.5) is 0 Å². The average molecular weight is 343 g/mol. The van der Waals surface area contributed by atoms with E-state index in [0.717, 1.165) is 0 Å². The van der Waals surface area contributed by atoms with Crippen molar-refractivity contribution in [3.05, 3.63) is 0 Å². The molecule has 3 amide bonds. The van der Waals surface area contributed by atoms with Crippen LogP contribution in [0, 0.1) is 11.8 Å². The van der Waals surface area contributed by atoms with Crippen LogP contribution in [0.3, 0.4) is 0 Å². The summed E-state index contributed by atoms with van der Waals surface area (Å²) in [5.74, 6) is -2.47. The van der Waals surface area contributed by atoms with Gasteiger partial charge in [-0.3, -0.25) is 19.2 Å². The molecule has 0 rings (SSSR count). The van der Waals surface area contributed by atoms with Gasteiger partial charge in [0.05, 0.1) is 12.5 Å². The second kappa shape index (κ2) is 10.6. The number of amides is 3. The lowest BCUT2D eigenvalue weighted by Gasteiger charge is -2.23. The molecule has 0 saturated carbocycles. The quantitative estimate of drug-likeness (QED) is 0.485. The van der Waals surface area contributed by atoms with Crippen LogP contribution in [-0.2, 0) is 23.9 Å². The monoisotopic (exact) mass is 343 g/mol. The first-order valence-electron chi connectivity index (χ1n) is 8.11. The third-order valence-corrected chi connectivity index (χ3v) is 3.34.